The Morgan fingerprint density at radius 1 is 0.833 bits per heavy atom. The number of rotatable bonds is 14. The molecule has 4 aromatic rings. The highest BCUT2D eigenvalue weighted by Crippen LogP contribution is 2.22. The van der Waals surface area contributed by atoms with Gasteiger partial charge in [-0.3, -0.25) is 9.59 Å². The number of morpholine rings is 1. The van der Waals surface area contributed by atoms with Crippen LogP contribution in [0, 0.1) is 6.92 Å². The minimum Gasteiger partial charge on any atom is -0.497 e. The third-order valence-electron chi connectivity index (χ3n) is 8.16. The first kappa shape index (κ1) is 34.6. The summed E-state index contributed by atoms with van der Waals surface area (Å²) in [5.74, 6) is 0.314. The van der Waals surface area contributed by atoms with Crippen molar-refractivity contribution in [1.82, 2.24) is 14.5 Å². The Labute approximate surface area is 282 Å². The molecule has 5 rings (SSSR count). The second-order valence-corrected chi connectivity index (χ2v) is 13.5. The van der Waals surface area contributed by atoms with Crippen LogP contribution in [0.4, 0.5) is 0 Å². The van der Waals surface area contributed by atoms with Crippen LogP contribution in [0.3, 0.4) is 0 Å². The molecule has 4 aromatic carbocycles. The Bertz CT molecular complexity index is 1740. The average molecular weight is 672 g/mol. The Balaban J connectivity index is 1.36. The van der Waals surface area contributed by atoms with E-state index in [1.807, 2.05) is 85.8 Å². The predicted molar refractivity (Wildman–Crippen MR) is 182 cm³/mol. The van der Waals surface area contributed by atoms with E-state index in [-0.39, 0.29) is 30.4 Å². The van der Waals surface area contributed by atoms with Crippen LogP contribution in [0.2, 0.25) is 0 Å². The molecule has 48 heavy (non-hydrogen) atoms. The van der Waals surface area contributed by atoms with Crippen LogP contribution in [0.25, 0.3) is 0 Å². The maximum Gasteiger partial charge on any atom is 0.261 e. The summed E-state index contributed by atoms with van der Waals surface area (Å²) in [5.41, 5.74) is 3.78. The van der Waals surface area contributed by atoms with Crippen LogP contribution >= 0.6 is 0 Å². The van der Waals surface area contributed by atoms with Gasteiger partial charge in [-0.05, 0) is 60.0 Å². The van der Waals surface area contributed by atoms with Gasteiger partial charge in [-0.2, -0.15) is 4.31 Å². The molecule has 0 aliphatic carbocycles. The smallest absolute Gasteiger partial charge is 0.261 e. The molecule has 10 nitrogen and oxygen atoms in total. The number of hydrogen-bond acceptors (Lipinski definition) is 7. The molecule has 1 aliphatic rings. The van der Waals surface area contributed by atoms with E-state index in [1.165, 1.54) is 33.5 Å². The van der Waals surface area contributed by atoms with Gasteiger partial charge in [0.2, 0.25) is 15.9 Å². The third kappa shape index (κ3) is 9.21. The van der Waals surface area contributed by atoms with Gasteiger partial charge in [0.25, 0.3) is 5.91 Å². The lowest BCUT2D eigenvalue weighted by atomic mass is 10.0. The fraction of sp³-hybridized carbons (Fsp3) is 0.297. The highest BCUT2D eigenvalue weighted by atomic mass is 32.2. The Morgan fingerprint density at radius 2 is 1.46 bits per heavy atom. The molecule has 11 heteroatoms. The summed E-state index contributed by atoms with van der Waals surface area (Å²) in [6.07, 6.45) is 0.288. The van der Waals surface area contributed by atoms with Gasteiger partial charge in [-0.15, -0.1) is 0 Å². The summed E-state index contributed by atoms with van der Waals surface area (Å²) in [6.45, 7) is 3.40. The zero-order chi connectivity index (χ0) is 33.9. The van der Waals surface area contributed by atoms with Crippen LogP contribution in [0.15, 0.2) is 108 Å². The molecule has 1 fully saturated rings. The molecule has 1 atom stereocenters. The van der Waals surface area contributed by atoms with E-state index < -0.39 is 22.0 Å². The number of carbonyl (C=O) groups is 2. The average Bonchev–Trinajstić information content (AvgIpc) is 3.13. The van der Waals surface area contributed by atoms with Gasteiger partial charge in [0.05, 0.1) is 25.2 Å². The lowest BCUT2D eigenvalue weighted by Crippen LogP contribution is -2.51. The standard InChI is InChI=1S/C37H41N3O7S/c1-28-8-10-30(11-9-28)25-38-37(42)35(24-29-6-4-3-5-7-29)40(26-31-12-14-32(45-2)15-13-31)36(41)27-47-33-16-18-34(19-17-33)48(43,44)39-20-22-46-23-21-39/h3-19,35H,20-27H2,1-2H3,(H,38,42)/t35-/m0/s1. The third-order valence-corrected chi connectivity index (χ3v) is 10.1. The molecule has 0 aromatic heterocycles. The highest BCUT2D eigenvalue weighted by Gasteiger charge is 2.31. The number of benzene rings is 4. The summed E-state index contributed by atoms with van der Waals surface area (Å²) in [5, 5.41) is 3.04. The van der Waals surface area contributed by atoms with Crippen molar-refractivity contribution in [3.63, 3.8) is 0 Å². The molecule has 0 unspecified atom stereocenters. The fourth-order valence-electron chi connectivity index (χ4n) is 5.37. The molecule has 2 amide bonds. The topological polar surface area (TPSA) is 114 Å². The van der Waals surface area contributed by atoms with Crippen molar-refractivity contribution in [3.05, 3.63) is 125 Å². The fourth-order valence-corrected chi connectivity index (χ4v) is 6.77. The first-order valence-corrected chi connectivity index (χ1v) is 17.3. The number of amides is 2. The number of nitrogens with one attached hydrogen (secondary N) is 1. The van der Waals surface area contributed by atoms with Crippen LogP contribution < -0.4 is 14.8 Å². The van der Waals surface area contributed by atoms with E-state index in [2.05, 4.69) is 5.32 Å². The molecular weight excluding hydrogens is 630 g/mol. The van der Waals surface area contributed by atoms with E-state index in [0.717, 1.165) is 22.3 Å². The quantitative estimate of drug-likeness (QED) is 0.212. The van der Waals surface area contributed by atoms with E-state index in [0.29, 0.717) is 44.3 Å². The molecule has 1 aliphatic heterocycles. The maximum absolute atomic E-state index is 14.0. The first-order chi connectivity index (χ1) is 23.2. The monoisotopic (exact) mass is 671 g/mol. The van der Waals surface area contributed by atoms with Crippen molar-refractivity contribution in [2.75, 3.05) is 40.0 Å². The first-order valence-electron chi connectivity index (χ1n) is 15.8. The molecule has 252 valence electrons. The zero-order valence-electron chi connectivity index (χ0n) is 27.2. The highest BCUT2D eigenvalue weighted by molar-refractivity contribution is 7.89. The van der Waals surface area contributed by atoms with Crippen molar-refractivity contribution in [2.24, 2.45) is 0 Å². The number of aryl methyl sites for hydroxylation is 1. The number of ether oxygens (including phenoxy) is 3. The Hall–Kier alpha value is -4.71. The van der Waals surface area contributed by atoms with Gasteiger partial charge < -0.3 is 24.4 Å². The molecule has 0 spiro atoms. The summed E-state index contributed by atoms with van der Waals surface area (Å²) < 4.78 is 43.9. The predicted octanol–water partition coefficient (Wildman–Crippen LogP) is 4.36. The van der Waals surface area contributed by atoms with Gasteiger partial charge in [0, 0.05) is 32.6 Å². The SMILES string of the molecule is COc1ccc(CN(C(=O)COc2ccc(S(=O)(=O)N3CCOCC3)cc2)[C@@H](Cc2ccccc2)C(=O)NCc2ccc(C)cc2)cc1. The second kappa shape index (κ2) is 16.4. The van der Waals surface area contributed by atoms with Gasteiger partial charge >= 0.3 is 0 Å². The van der Waals surface area contributed by atoms with E-state index in [4.69, 9.17) is 14.2 Å². The summed E-state index contributed by atoms with van der Waals surface area (Å²) >= 11 is 0. The summed E-state index contributed by atoms with van der Waals surface area (Å²) in [6, 6.07) is 30.0. The Morgan fingerprint density at radius 3 is 2.10 bits per heavy atom. The zero-order valence-corrected chi connectivity index (χ0v) is 28.0. The maximum atomic E-state index is 14.0. The molecule has 1 heterocycles. The van der Waals surface area contributed by atoms with Crippen molar-refractivity contribution in [3.8, 4) is 11.5 Å². The van der Waals surface area contributed by atoms with Crippen molar-refractivity contribution in [2.45, 2.75) is 37.4 Å². The molecule has 1 saturated heterocycles. The number of carbonyl (C=O) groups excluding carboxylic acids is 2. The van der Waals surface area contributed by atoms with Crippen molar-refractivity contribution < 1.29 is 32.2 Å². The van der Waals surface area contributed by atoms with E-state index in [9.17, 15) is 18.0 Å². The van der Waals surface area contributed by atoms with E-state index in [1.54, 1.807) is 7.11 Å². The second-order valence-electron chi connectivity index (χ2n) is 11.6. The van der Waals surface area contributed by atoms with Crippen LogP contribution in [-0.2, 0) is 43.9 Å². The number of nitrogens with zero attached hydrogens (tertiary/aromatic N) is 2. The van der Waals surface area contributed by atoms with Gasteiger partial charge in [0.1, 0.15) is 17.5 Å². The van der Waals surface area contributed by atoms with Gasteiger partial charge in [-0.25, -0.2) is 8.42 Å². The molecule has 0 radical (unpaired) electrons. The summed E-state index contributed by atoms with van der Waals surface area (Å²) in [4.78, 5) is 29.6. The van der Waals surface area contributed by atoms with Crippen LogP contribution in [0.1, 0.15) is 22.3 Å². The van der Waals surface area contributed by atoms with Crippen LogP contribution in [-0.4, -0.2) is 75.5 Å². The molecule has 1 N–H and O–H groups in total. The number of sulfonamides is 1. The summed E-state index contributed by atoms with van der Waals surface area (Å²) in [7, 11) is -2.09. The number of methoxy groups -OCH3 is 1. The van der Waals surface area contributed by atoms with E-state index >= 15 is 0 Å². The lowest BCUT2D eigenvalue weighted by Gasteiger charge is -2.31. The molecular formula is C37H41N3O7S. The van der Waals surface area contributed by atoms with Gasteiger partial charge in [0.15, 0.2) is 6.61 Å². The Kier molecular flexibility index (Phi) is 11.8. The molecule has 0 bridgehead atoms. The molecule has 0 saturated carbocycles. The minimum absolute atomic E-state index is 0.136. The lowest BCUT2D eigenvalue weighted by molar-refractivity contribution is -0.142. The minimum atomic E-state index is -3.67. The van der Waals surface area contributed by atoms with Crippen LogP contribution in [0.5, 0.6) is 11.5 Å². The van der Waals surface area contributed by atoms with Crippen molar-refractivity contribution >= 4 is 21.8 Å². The number of hydrogen-bond donors (Lipinski definition) is 1. The largest absolute Gasteiger partial charge is 0.497 e. The van der Waals surface area contributed by atoms with Crippen molar-refractivity contribution in [1.29, 1.82) is 0 Å². The normalized spacial score (nSPS) is 14.1. The van der Waals surface area contributed by atoms with Gasteiger partial charge in [-0.1, -0.05) is 72.3 Å².